The molecule has 1 aliphatic heterocycles. The summed E-state index contributed by atoms with van der Waals surface area (Å²) in [5.74, 6) is -0.0179. The van der Waals surface area contributed by atoms with Crippen LogP contribution in [0, 0.1) is 6.57 Å². The van der Waals surface area contributed by atoms with Crippen LogP contribution in [0.4, 0.5) is 11.4 Å². The monoisotopic (exact) mass is 640 g/mol. The lowest BCUT2D eigenvalue weighted by atomic mass is 9.97. The summed E-state index contributed by atoms with van der Waals surface area (Å²) < 4.78 is 8.06. The Morgan fingerprint density at radius 1 is 1.00 bits per heavy atom. The molecule has 3 heterocycles. The highest BCUT2D eigenvalue weighted by Crippen LogP contribution is 2.44. The van der Waals surface area contributed by atoms with E-state index in [1.54, 1.807) is 9.47 Å². The van der Waals surface area contributed by atoms with Crippen molar-refractivity contribution in [2.45, 2.75) is 32.7 Å². The quantitative estimate of drug-likeness (QED) is 0.139. The van der Waals surface area contributed by atoms with Crippen molar-refractivity contribution < 1.29 is 9.21 Å². The van der Waals surface area contributed by atoms with E-state index < -0.39 is 5.56 Å². The summed E-state index contributed by atoms with van der Waals surface area (Å²) in [6.45, 7) is 19.4. The molecule has 8 heteroatoms. The van der Waals surface area contributed by atoms with Gasteiger partial charge in [0, 0.05) is 58.0 Å². The van der Waals surface area contributed by atoms with E-state index in [1.165, 1.54) is 6.08 Å². The predicted octanol–water partition coefficient (Wildman–Crippen LogP) is 9.11. The van der Waals surface area contributed by atoms with E-state index in [0.29, 0.717) is 46.8 Å². The topological polar surface area (TPSA) is 63.0 Å². The minimum atomic E-state index is -0.400. The van der Waals surface area contributed by atoms with Crippen molar-refractivity contribution >= 4 is 61.7 Å². The molecule has 0 bridgehead atoms. The van der Waals surface area contributed by atoms with E-state index >= 15 is 0 Å². The minimum absolute atomic E-state index is 0.0228. The minimum Gasteiger partial charge on any atom is -0.455 e. The molecular formula is C39H33ClN4O3. The second-order valence-electron chi connectivity index (χ2n) is 12.3. The molecule has 4 aromatic carbocycles. The maximum Gasteiger partial charge on any atom is 0.274 e. The van der Waals surface area contributed by atoms with Crippen molar-refractivity contribution in [3.05, 3.63) is 124 Å². The first-order valence-corrected chi connectivity index (χ1v) is 16.1. The molecule has 47 heavy (non-hydrogen) atoms. The number of carbonyl (C=O) groups excluding carboxylic acids is 1. The Kier molecular flexibility index (Phi) is 7.62. The van der Waals surface area contributed by atoms with Gasteiger partial charge in [-0.15, -0.1) is 0 Å². The van der Waals surface area contributed by atoms with Crippen LogP contribution >= 0.6 is 11.6 Å². The highest BCUT2D eigenvalue weighted by Gasteiger charge is 2.32. The average Bonchev–Trinajstić information content (AvgIpc) is 3.46. The summed E-state index contributed by atoms with van der Waals surface area (Å²) >= 11 is 7.19. The number of anilines is 1. The fraction of sp³-hybridized carbons (Fsp3) is 0.205. The number of hydrogen-bond donors (Lipinski definition) is 0. The molecule has 2 aromatic heterocycles. The Morgan fingerprint density at radius 3 is 2.49 bits per heavy atom. The first kappa shape index (κ1) is 30.3. The van der Waals surface area contributed by atoms with Crippen LogP contribution in [0.3, 0.4) is 0 Å². The summed E-state index contributed by atoms with van der Waals surface area (Å²) in [6, 6.07) is 25.4. The molecule has 234 valence electrons. The molecule has 0 spiro atoms. The number of furan rings is 1. The van der Waals surface area contributed by atoms with E-state index in [2.05, 4.69) is 30.2 Å². The maximum absolute atomic E-state index is 14.6. The molecule has 7 rings (SSSR count). The number of benzene rings is 4. The standard InChI is InChI=1S/C39H33ClN4O3/c1-6-35(45)42-18-19-43(24(4)22-42)37-30-20-31(40)29(28-15-11-14-27-26-13-8-10-17-34(26)47-38(27)28)21-33(30)44(39(46)36(37)41-5)32-16-9-7-12-25(32)23(2)3/h6-17,20-21,23-24H,1,18-19,22H2,2-4H3/t24-/m0/s1. The number of hydrogen-bond acceptors (Lipinski definition) is 4. The summed E-state index contributed by atoms with van der Waals surface area (Å²) in [5.41, 5.74) is 5.51. The third-order valence-electron chi connectivity index (χ3n) is 9.22. The van der Waals surface area contributed by atoms with Crippen LogP contribution in [-0.2, 0) is 4.79 Å². The van der Waals surface area contributed by atoms with Crippen LogP contribution in [0.5, 0.6) is 0 Å². The normalized spacial score (nSPS) is 15.1. The summed E-state index contributed by atoms with van der Waals surface area (Å²) in [7, 11) is 0. The smallest absolute Gasteiger partial charge is 0.274 e. The van der Waals surface area contributed by atoms with Crippen LogP contribution < -0.4 is 10.5 Å². The van der Waals surface area contributed by atoms with E-state index in [0.717, 1.165) is 38.7 Å². The lowest BCUT2D eigenvalue weighted by Crippen LogP contribution is -2.53. The highest BCUT2D eigenvalue weighted by atomic mass is 35.5. The number of amides is 1. The average molecular weight is 641 g/mol. The second kappa shape index (κ2) is 11.8. The number of nitrogens with zero attached hydrogens (tertiary/aromatic N) is 4. The second-order valence-corrected chi connectivity index (χ2v) is 12.7. The Balaban J connectivity index is 1.56. The third-order valence-corrected chi connectivity index (χ3v) is 9.53. The van der Waals surface area contributed by atoms with Gasteiger partial charge >= 0.3 is 0 Å². The van der Waals surface area contributed by atoms with E-state index in [-0.39, 0.29) is 23.6 Å². The lowest BCUT2D eigenvalue weighted by molar-refractivity contribution is -0.126. The number of para-hydroxylation sites is 3. The Bertz CT molecular complexity index is 2350. The Labute approximate surface area is 277 Å². The van der Waals surface area contributed by atoms with Crippen molar-refractivity contribution in [2.75, 3.05) is 24.5 Å². The number of fused-ring (bicyclic) bond motifs is 4. The SMILES string of the molecule is [C-]#[N+]c1c(N2CCN(C(=O)C=C)C[C@@H]2C)c2cc(Cl)c(-c3cccc4c3oc3ccccc34)cc2n(-c2ccccc2C(C)C)c1=O. The number of aromatic nitrogens is 1. The molecule has 0 radical (unpaired) electrons. The summed E-state index contributed by atoms with van der Waals surface area (Å²) in [4.78, 5) is 34.8. The fourth-order valence-corrected chi connectivity index (χ4v) is 7.24. The van der Waals surface area contributed by atoms with E-state index in [1.807, 2.05) is 85.8 Å². The van der Waals surface area contributed by atoms with Gasteiger partial charge in [0.1, 0.15) is 11.2 Å². The molecule has 1 aliphatic rings. The highest BCUT2D eigenvalue weighted by molar-refractivity contribution is 6.35. The van der Waals surface area contributed by atoms with Gasteiger partial charge in [0.2, 0.25) is 5.91 Å². The van der Waals surface area contributed by atoms with Gasteiger partial charge in [0.25, 0.3) is 11.2 Å². The molecule has 0 aliphatic carbocycles. The van der Waals surface area contributed by atoms with Crippen molar-refractivity contribution in [2.24, 2.45) is 0 Å². The molecule has 0 saturated carbocycles. The zero-order valence-corrected chi connectivity index (χ0v) is 27.2. The first-order chi connectivity index (χ1) is 22.7. The van der Waals surface area contributed by atoms with Gasteiger partial charge in [-0.1, -0.05) is 86.6 Å². The molecule has 0 N–H and O–H groups in total. The van der Waals surface area contributed by atoms with E-state index in [9.17, 15) is 9.59 Å². The third kappa shape index (κ3) is 4.88. The van der Waals surface area contributed by atoms with Crippen LogP contribution in [-0.4, -0.2) is 41.1 Å². The molecule has 1 fully saturated rings. The van der Waals surface area contributed by atoms with Crippen LogP contribution in [0.2, 0.25) is 5.02 Å². The van der Waals surface area contributed by atoms with Gasteiger partial charge in [-0.05, 0) is 48.7 Å². The number of rotatable bonds is 5. The summed E-state index contributed by atoms with van der Waals surface area (Å²) in [6.07, 6.45) is 1.32. The Hall–Kier alpha value is -5.32. The zero-order chi connectivity index (χ0) is 33.0. The lowest BCUT2D eigenvalue weighted by Gasteiger charge is -2.42. The molecule has 1 saturated heterocycles. The van der Waals surface area contributed by atoms with Crippen molar-refractivity contribution in [3.63, 3.8) is 0 Å². The molecule has 1 atom stereocenters. The van der Waals surface area contributed by atoms with Crippen molar-refractivity contribution in [3.8, 4) is 16.8 Å². The van der Waals surface area contributed by atoms with E-state index in [4.69, 9.17) is 22.6 Å². The number of piperazine rings is 1. The Morgan fingerprint density at radius 2 is 1.74 bits per heavy atom. The van der Waals surface area contributed by atoms with Gasteiger partial charge in [-0.2, -0.15) is 0 Å². The summed E-state index contributed by atoms with van der Waals surface area (Å²) in [5, 5.41) is 3.14. The number of pyridine rings is 1. The maximum atomic E-state index is 14.6. The predicted molar refractivity (Wildman–Crippen MR) is 191 cm³/mol. The van der Waals surface area contributed by atoms with Crippen molar-refractivity contribution in [1.82, 2.24) is 9.47 Å². The van der Waals surface area contributed by atoms with Crippen LogP contribution in [0.1, 0.15) is 32.3 Å². The molecule has 0 unspecified atom stereocenters. The molecule has 6 aromatic rings. The van der Waals surface area contributed by atoms with Crippen molar-refractivity contribution in [1.29, 1.82) is 0 Å². The molecular weight excluding hydrogens is 608 g/mol. The molecule has 7 nitrogen and oxygen atoms in total. The first-order valence-electron chi connectivity index (χ1n) is 15.7. The van der Waals surface area contributed by atoms with Gasteiger partial charge in [0.15, 0.2) is 0 Å². The fourth-order valence-electron chi connectivity index (χ4n) is 6.98. The molecule has 1 amide bonds. The van der Waals surface area contributed by atoms with Gasteiger partial charge < -0.3 is 14.2 Å². The zero-order valence-electron chi connectivity index (χ0n) is 26.5. The van der Waals surface area contributed by atoms with Gasteiger partial charge in [-0.25, -0.2) is 4.85 Å². The number of carbonyl (C=O) groups is 1. The van der Waals surface area contributed by atoms with Gasteiger partial charge in [0.05, 0.1) is 23.5 Å². The number of halogens is 1. The van der Waals surface area contributed by atoms with Crippen LogP contribution in [0.25, 0.3) is 54.5 Å². The van der Waals surface area contributed by atoms with Crippen LogP contribution in [0.15, 0.2) is 101 Å². The largest absolute Gasteiger partial charge is 0.455 e. The van der Waals surface area contributed by atoms with Gasteiger partial charge in [-0.3, -0.25) is 14.2 Å².